The van der Waals surface area contributed by atoms with Crippen LogP contribution in [-0.2, 0) is 17.9 Å². The molecule has 7 heteroatoms. The smallest absolute Gasteiger partial charge is 0.195 e. The van der Waals surface area contributed by atoms with Crippen molar-refractivity contribution in [3.63, 3.8) is 0 Å². The van der Waals surface area contributed by atoms with Gasteiger partial charge in [-0.3, -0.25) is 9.67 Å². The molecule has 1 fully saturated rings. The van der Waals surface area contributed by atoms with Gasteiger partial charge >= 0.3 is 0 Å². The van der Waals surface area contributed by atoms with E-state index in [1.54, 1.807) is 0 Å². The Morgan fingerprint density at radius 1 is 1.55 bits per heavy atom. The highest BCUT2D eigenvalue weighted by Crippen LogP contribution is 2.26. The van der Waals surface area contributed by atoms with Crippen molar-refractivity contribution in [2.45, 2.75) is 39.0 Å². The number of ether oxygens (including phenoxy) is 2. The number of H-pyrrole nitrogens is 1. The molecule has 3 rings (SSSR count). The van der Waals surface area contributed by atoms with Gasteiger partial charge in [-0.1, -0.05) is 17.7 Å². The summed E-state index contributed by atoms with van der Waals surface area (Å²) in [6.07, 6.45) is 2.35. The molecule has 0 unspecified atom stereocenters. The lowest BCUT2D eigenvalue weighted by atomic mass is 10.2. The van der Waals surface area contributed by atoms with Crippen molar-refractivity contribution < 1.29 is 9.47 Å². The number of halogens is 1. The van der Waals surface area contributed by atoms with Crippen LogP contribution >= 0.6 is 23.8 Å². The molecule has 22 heavy (non-hydrogen) atoms. The molecule has 2 aromatic rings. The predicted octanol–water partition coefficient (Wildman–Crippen LogP) is 3.66. The Bertz CT molecular complexity index is 707. The van der Waals surface area contributed by atoms with Gasteiger partial charge in [0, 0.05) is 6.61 Å². The minimum Gasteiger partial charge on any atom is -0.484 e. The molecule has 118 valence electrons. The number of hydrogen-bond donors (Lipinski definition) is 1. The molecule has 0 amide bonds. The summed E-state index contributed by atoms with van der Waals surface area (Å²) in [7, 11) is 0. The van der Waals surface area contributed by atoms with E-state index in [9.17, 15) is 0 Å². The Balaban J connectivity index is 1.72. The summed E-state index contributed by atoms with van der Waals surface area (Å²) in [6.45, 7) is 3.83. The van der Waals surface area contributed by atoms with Crippen LogP contribution in [0.15, 0.2) is 18.2 Å². The second-order valence-corrected chi connectivity index (χ2v) is 6.21. The van der Waals surface area contributed by atoms with Gasteiger partial charge in [0.2, 0.25) is 0 Å². The van der Waals surface area contributed by atoms with Crippen molar-refractivity contribution in [2.24, 2.45) is 0 Å². The maximum Gasteiger partial charge on any atom is 0.195 e. The zero-order chi connectivity index (χ0) is 15.5. The molecule has 0 saturated carbocycles. The third-order valence-electron chi connectivity index (χ3n) is 3.69. The highest BCUT2D eigenvalue weighted by molar-refractivity contribution is 7.71. The summed E-state index contributed by atoms with van der Waals surface area (Å²) in [4.78, 5) is 0. The molecule has 0 bridgehead atoms. The number of aryl methyl sites for hydroxylation is 1. The Hall–Kier alpha value is -1.37. The van der Waals surface area contributed by atoms with Crippen LogP contribution in [0.3, 0.4) is 0 Å². The van der Waals surface area contributed by atoms with E-state index in [1.807, 2.05) is 29.7 Å². The van der Waals surface area contributed by atoms with Crippen LogP contribution in [0.2, 0.25) is 5.02 Å². The monoisotopic (exact) mass is 339 g/mol. The van der Waals surface area contributed by atoms with E-state index in [0.717, 1.165) is 30.8 Å². The lowest BCUT2D eigenvalue weighted by Gasteiger charge is -2.13. The van der Waals surface area contributed by atoms with Gasteiger partial charge in [0.05, 0.1) is 17.7 Å². The Morgan fingerprint density at radius 3 is 3.18 bits per heavy atom. The van der Waals surface area contributed by atoms with Crippen molar-refractivity contribution in [1.29, 1.82) is 0 Å². The van der Waals surface area contributed by atoms with E-state index >= 15 is 0 Å². The molecule has 1 N–H and O–H groups in total. The lowest BCUT2D eigenvalue weighted by molar-refractivity contribution is 0.0949. The van der Waals surface area contributed by atoms with Crippen LogP contribution < -0.4 is 4.74 Å². The topological polar surface area (TPSA) is 52.1 Å². The van der Waals surface area contributed by atoms with Crippen molar-refractivity contribution in [1.82, 2.24) is 14.8 Å². The average Bonchev–Trinajstić information content (AvgIpc) is 3.12. The number of nitrogens with one attached hydrogen (secondary N) is 1. The normalized spacial score (nSPS) is 17.8. The third-order valence-corrected chi connectivity index (χ3v) is 4.31. The summed E-state index contributed by atoms with van der Waals surface area (Å²) >= 11 is 11.4. The van der Waals surface area contributed by atoms with Crippen LogP contribution in [0.1, 0.15) is 24.2 Å². The molecule has 1 aliphatic rings. The Morgan fingerprint density at radius 2 is 2.41 bits per heavy atom. The van der Waals surface area contributed by atoms with Gasteiger partial charge in [0.15, 0.2) is 10.6 Å². The van der Waals surface area contributed by atoms with Crippen LogP contribution in [0.25, 0.3) is 0 Å². The zero-order valence-electron chi connectivity index (χ0n) is 12.3. The number of aromatic nitrogens is 3. The van der Waals surface area contributed by atoms with Crippen molar-refractivity contribution in [2.75, 3.05) is 6.61 Å². The fraction of sp³-hybridized carbons (Fsp3) is 0.467. The summed E-state index contributed by atoms with van der Waals surface area (Å²) in [5, 5.41) is 7.66. The summed E-state index contributed by atoms with van der Waals surface area (Å²) in [6, 6.07) is 5.69. The first-order valence-electron chi connectivity index (χ1n) is 7.28. The van der Waals surface area contributed by atoms with Gasteiger partial charge in [-0.05, 0) is 49.7 Å². The molecule has 2 heterocycles. The second-order valence-electron chi connectivity index (χ2n) is 5.41. The first-order chi connectivity index (χ1) is 10.6. The SMILES string of the molecule is Cc1ccc(Cl)c(OCc2n[nH]c(=S)n2C[C@H]2CCCO2)c1. The fourth-order valence-electron chi connectivity index (χ4n) is 2.50. The van der Waals surface area contributed by atoms with Gasteiger partial charge in [-0.25, -0.2) is 0 Å². The minimum atomic E-state index is 0.200. The predicted molar refractivity (Wildman–Crippen MR) is 86.9 cm³/mol. The summed E-state index contributed by atoms with van der Waals surface area (Å²) < 4.78 is 14.0. The van der Waals surface area contributed by atoms with E-state index < -0.39 is 0 Å². The Kier molecular flexibility index (Phi) is 4.81. The van der Waals surface area contributed by atoms with E-state index in [1.165, 1.54) is 0 Å². The number of benzene rings is 1. The van der Waals surface area contributed by atoms with E-state index in [4.69, 9.17) is 33.3 Å². The third kappa shape index (κ3) is 3.51. The molecule has 0 spiro atoms. The summed E-state index contributed by atoms with van der Waals surface area (Å²) in [5.41, 5.74) is 1.10. The van der Waals surface area contributed by atoms with Crippen LogP contribution in [-0.4, -0.2) is 27.5 Å². The Labute approximate surface area is 139 Å². The lowest BCUT2D eigenvalue weighted by Crippen LogP contribution is -2.18. The maximum atomic E-state index is 6.14. The molecule has 0 aliphatic carbocycles. The molecular formula is C15H18ClN3O2S. The quantitative estimate of drug-likeness (QED) is 0.845. The standard InChI is InChI=1S/C15H18ClN3O2S/c1-10-4-5-12(16)13(7-10)21-9-14-17-18-15(22)19(14)8-11-3-2-6-20-11/h4-5,7,11H,2-3,6,8-9H2,1H3,(H,18,22)/t11-/m1/s1. The van der Waals surface area contributed by atoms with Gasteiger partial charge in [0.1, 0.15) is 12.4 Å². The molecule has 1 saturated heterocycles. The van der Waals surface area contributed by atoms with E-state index in [0.29, 0.717) is 28.7 Å². The number of nitrogens with zero attached hydrogens (tertiary/aromatic N) is 2. The first kappa shape index (κ1) is 15.5. The van der Waals surface area contributed by atoms with Crippen LogP contribution in [0.4, 0.5) is 0 Å². The highest BCUT2D eigenvalue weighted by atomic mass is 35.5. The van der Waals surface area contributed by atoms with Gasteiger partial charge < -0.3 is 9.47 Å². The van der Waals surface area contributed by atoms with Gasteiger partial charge in [-0.2, -0.15) is 5.10 Å². The molecule has 5 nitrogen and oxygen atoms in total. The molecule has 1 aliphatic heterocycles. The van der Waals surface area contributed by atoms with Crippen molar-refractivity contribution in [3.8, 4) is 5.75 Å². The number of aromatic amines is 1. The zero-order valence-corrected chi connectivity index (χ0v) is 13.9. The highest BCUT2D eigenvalue weighted by Gasteiger charge is 2.19. The minimum absolute atomic E-state index is 0.200. The maximum absolute atomic E-state index is 6.14. The largest absolute Gasteiger partial charge is 0.484 e. The number of hydrogen-bond acceptors (Lipinski definition) is 4. The van der Waals surface area contributed by atoms with Crippen LogP contribution in [0.5, 0.6) is 5.75 Å². The summed E-state index contributed by atoms with van der Waals surface area (Å²) in [5.74, 6) is 1.40. The molecule has 1 aromatic carbocycles. The molecule has 1 aromatic heterocycles. The van der Waals surface area contributed by atoms with E-state index in [-0.39, 0.29) is 6.10 Å². The number of rotatable bonds is 5. The molecular weight excluding hydrogens is 322 g/mol. The van der Waals surface area contributed by atoms with E-state index in [2.05, 4.69) is 10.2 Å². The van der Waals surface area contributed by atoms with Crippen molar-refractivity contribution in [3.05, 3.63) is 39.4 Å². The molecule has 1 atom stereocenters. The van der Waals surface area contributed by atoms with Gasteiger partial charge in [-0.15, -0.1) is 0 Å². The van der Waals surface area contributed by atoms with Gasteiger partial charge in [0.25, 0.3) is 0 Å². The van der Waals surface area contributed by atoms with Crippen molar-refractivity contribution >= 4 is 23.8 Å². The van der Waals surface area contributed by atoms with Crippen LogP contribution in [0, 0.1) is 11.7 Å². The first-order valence-corrected chi connectivity index (χ1v) is 8.07. The average molecular weight is 340 g/mol. The molecule has 0 radical (unpaired) electrons. The fourth-order valence-corrected chi connectivity index (χ4v) is 2.90. The second kappa shape index (κ2) is 6.81.